The molecule has 1 N–H and O–H groups in total. The van der Waals surface area contributed by atoms with Crippen LogP contribution in [0.5, 0.6) is 0 Å². The first-order valence-corrected chi connectivity index (χ1v) is 7.42. The zero-order valence-corrected chi connectivity index (χ0v) is 12.6. The zero-order chi connectivity index (χ0) is 14.7. The Morgan fingerprint density at radius 3 is 2.75 bits per heavy atom. The van der Waals surface area contributed by atoms with Gasteiger partial charge < -0.3 is 5.32 Å². The van der Waals surface area contributed by atoms with Crippen molar-refractivity contribution < 1.29 is 4.39 Å². The van der Waals surface area contributed by atoms with E-state index in [4.69, 9.17) is 5.26 Å². The molecule has 0 aliphatic rings. The van der Waals surface area contributed by atoms with Crippen LogP contribution in [0.15, 0.2) is 24.3 Å². The second kappa shape index (κ2) is 6.06. The maximum atomic E-state index is 13.7. The van der Waals surface area contributed by atoms with Gasteiger partial charge >= 0.3 is 0 Å². The maximum Gasteiger partial charge on any atom is 0.129 e. The van der Waals surface area contributed by atoms with Crippen LogP contribution in [0.25, 0.3) is 0 Å². The van der Waals surface area contributed by atoms with E-state index in [2.05, 4.69) is 24.4 Å². The number of nitrogens with zero attached hydrogens (tertiary/aromatic N) is 1. The average Bonchev–Trinajstić information content (AvgIpc) is 2.92. The minimum Gasteiger partial charge on any atom is -0.377 e. The normalized spacial score (nSPS) is 11.9. The molecule has 104 valence electrons. The second-order valence-electron chi connectivity index (χ2n) is 4.77. The van der Waals surface area contributed by atoms with Crippen LogP contribution in [-0.2, 0) is 6.42 Å². The molecule has 0 amide bonds. The van der Waals surface area contributed by atoms with Gasteiger partial charge in [0.2, 0.25) is 0 Å². The lowest BCUT2D eigenvalue weighted by Crippen LogP contribution is -2.07. The van der Waals surface area contributed by atoms with Crippen molar-refractivity contribution in [2.45, 2.75) is 33.2 Å². The summed E-state index contributed by atoms with van der Waals surface area (Å²) in [7, 11) is 0. The lowest BCUT2D eigenvalue weighted by atomic mass is 10.1. The summed E-state index contributed by atoms with van der Waals surface area (Å²) in [4.78, 5) is 2.55. The third-order valence-corrected chi connectivity index (χ3v) is 4.72. The van der Waals surface area contributed by atoms with E-state index < -0.39 is 0 Å². The molecule has 1 unspecified atom stereocenters. The number of nitriles is 1. The summed E-state index contributed by atoms with van der Waals surface area (Å²) in [6.45, 7) is 5.89. The van der Waals surface area contributed by atoms with Crippen molar-refractivity contribution in [3.63, 3.8) is 0 Å². The van der Waals surface area contributed by atoms with Crippen LogP contribution in [0.1, 0.15) is 40.8 Å². The number of thiophene rings is 1. The predicted molar refractivity (Wildman–Crippen MR) is 81.6 cm³/mol. The fraction of sp³-hybridized carbons (Fsp3) is 0.312. The summed E-state index contributed by atoms with van der Waals surface area (Å²) in [5, 5.41) is 12.2. The molecule has 1 aromatic heterocycles. The van der Waals surface area contributed by atoms with E-state index >= 15 is 0 Å². The van der Waals surface area contributed by atoms with Gasteiger partial charge in [-0.25, -0.2) is 4.39 Å². The summed E-state index contributed by atoms with van der Waals surface area (Å²) in [5.74, 6) is -0.348. The fourth-order valence-corrected chi connectivity index (χ4v) is 2.97. The molecule has 4 heteroatoms. The lowest BCUT2D eigenvalue weighted by molar-refractivity contribution is 0.618. The van der Waals surface area contributed by atoms with Crippen LogP contribution >= 0.6 is 11.3 Å². The first-order chi connectivity index (χ1) is 9.55. The molecule has 20 heavy (non-hydrogen) atoms. The minimum absolute atomic E-state index is 0.0901. The summed E-state index contributed by atoms with van der Waals surface area (Å²) < 4.78 is 13.7. The van der Waals surface area contributed by atoms with Gasteiger partial charge in [0.1, 0.15) is 5.82 Å². The minimum atomic E-state index is -0.348. The number of hydrogen-bond donors (Lipinski definition) is 1. The van der Waals surface area contributed by atoms with E-state index in [1.165, 1.54) is 15.8 Å². The molecule has 0 aliphatic carbocycles. The maximum absolute atomic E-state index is 13.7. The van der Waals surface area contributed by atoms with Crippen LogP contribution in [0, 0.1) is 24.1 Å². The van der Waals surface area contributed by atoms with Crippen LogP contribution in [0.2, 0.25) is 0 Å². The van der Waals surface area contributed by atoms with Crippen molar-refractivity contribution in [1.82, 2.24) is 0 Å². The van der Waals surface area contributed by atoms with E-state index in [-0.39, 0.29) is 11.9 Å². The van der Waals surface area contributed by atoms with Gasteiger partial charge in [0.15, 0.2) is 0 Å². The third-order valence-electron chi connectivity index (χ3n) is 3.30. The van der Waals surface area contributed by atoms with Crippen LogP contribution in [-0.4, -0.2) is 0 Å². The van der Waals surface area contributed by atoms with Crippen LogP contribution in [0.4, 0.5) is 10.1 Å². The van der Waals surface area contributed by atoms with Gasteiger partial charge in [-0.1, -0.05) is 6.92 Å². The van der Waals surface area contributed by atoms with E-state index in [0.717, 1.165) is 6.42 Å². The molecule has 2 nitrogen and oxygen atoms in total. The topological polar surface area (TPSA) is 35.8 Å². The number of aryl methyl sites for hydroxylation is 1. The molecule has 0 fully saturated rings. The average molecular weight is 288 g/mol. The molecule has 0 radical (unpaired) electrons. The Labute approximate surface area is 122 Å². The monoisotopic (exact) mass is 288 g/mol. The molecule has 0 saturated carbocycles. The Bertz CT molecular complexity index is 655. The van der Waals surface area contributed by atoms with E-state index in [0.29, 0.717) is 16.8 Å². The Hall–Kier alpha value is -1.86. The van der Waals surface area contributed by atoms with Gasteiger partial charge in [0.25, 0.3) is 0 Å². The Kier molecular flexibility index (Phi) is 4.41. The highest BCUT2D eigenvalue weighted by Gasteiger charge is 2.12. The molecule has 1 aromatic carbocycles. The highest BCUT2D eigenvalue weighted by Crippen LogP contribution is 2.29. The Balaban J connectivity index is 2.25. The van der Waals surface area contributed by atoms with Crippen molar-refractivity contribution >= 4 is 17.0 Å². The van der Waals surface area contributed by atoms with Crippen molar-refractivity contribution in [1.29, 1.82) is 5.26 Å². The molecular formula is C16H17FN2S. The van der Waals surface area contributed by atoms with E-state index in [9.17, 15) is 4.39 Å². The van der Waals surface area contributed by atoms with Crippen molar-refractivity contribution in [2.24, 2.45) is 0 Å². The molecular weight excluding hydrogens is 271 g/mol. The molecule has 1 atom stereocenters. The van der Waals surface area contributed by atoms with Gasteiger partial charge in [-0.05, 0) is 44.5 Å². The van der Waals surface area contributed by atoms with Gasteiger partial charge in [-0.15, -0.1) is 11.3 Å². The zero-order valence-electron chi connectivity index (χ0n) is 11.8. The molecule has 0 bridgehead atoms. The molecule has 2 rings (SSSR count). The SMILES string of the molecule is CCc1ccc(C(C)Nc2cc(C#N)cc(F)c2C)s1. The molecule has 1 heterocycles. The molecule has 2 aromatic rings. The third kappa shape index (κ3) is 3.00. The summed E-state index contributed by atoms with van der Waals surface area (Å²) in [6.07, 6.45) is 1.02. The standard InChI is InChI=1S/C16H17FN2S/c1-4-13-5-6-16(20-13)11(3)19-15-8-12(9-18)7-14(17)10(15)2/h5-8,11,19H,4H2,1-3H3. The number of benzene rings is 1. The largest absolute Gasteiger partial charge is 0.377 e. The molecule has 0 spiro atoms. The van der Waals surface area contributed by atoms with Gasteiger partial charge in [0, 0.05) is 21.0 Å². The predicted octanol–water partition coefficient (Wildman–Crippen LogP) is 4.80. The van der Waals surface area contributed by atoms with Gasteiger partial charge in [-0.2, -0.15) is 5.26 Å². The lowest BCUT2D eigenvalue weighted by Gasteiger charge is -2.16. The van der Waals surface area contributed by atoms with Crippen molar-refractivity contribution in [3.05, 3.63) is 51.0 Å². The van der Waals surface area contributed by atoms with Gasteiger partial charge in [-0.3, -0.25) is 0 Å². The van der Waals surface area contributed by atoms with Crippen molar-refractivity contribution in [2.75, 3.05) is 5.32 Å². The number of hydrogen-bond acceptors (Lipinski definition) is 3. The smallest absolute Gasteiger partial charge is 0.129 e. The van der Waals surface area contributed by atoms with Crippen LogP contribution < -0.4 is 5.32 Å². The number of nitrogens with one attached hydrogen (secondary N) is 1. The molecule has 0 aliphatic heterocycles. The number of anilines is 1. The summed E-state index contributed by atoms with van der Waals surface area (Å²) in [5.41, 5.74) is 1.56. The van der Waals surface area contributed by atoms with Crippen molar-refractivity contribution in [3.8, 4) is 6.07 Å². The Morgan fingerprint density at radius 2 is 2.15 bits per heavy atom. The van der Waals surface area contributed by atoms with E-state index in [1.807, 2.05) is 13.0 Å². The first-order valence-electron chi connectivity index (χ1n) is 6.60. The number of halogens is 1. The fourth-order valence-electron chi connectivity index (χ4n) is 2.01. The quantitative estimate of drug-likeness (QED) is 0.877. The Morgan fingerprint density at radius 1 is 1.40 bits per heavy atom. The number of rotatable bonds is 4. The second-order valence-corrected chi connectivity index (χ2v) is 5.97. The highest BCUT2D eigenvalue weighted by molar-refractivity contribution is 7.12. The summed E-state index contributed by atoms with van der Waals surface area (Å²) in [6, 6.07) is 9.26. The first kappa shape index (κ1) is 14.5. The van der Waals surface area contributed by atoms with Gasteiger partial charge in [0.05, 0.1) is 17.7 Å². The van der Waals surface area contributed by atoms with E-state index in [1.54, 1.807) is 24.3 Å². The molecule has 0 saturated heterocycles. The van der Waals surface area contributed by atoms with Crippen LogP contribution in [0.3, 0.4) is 0 Å². The highest BCUT2D eigenvalue weighted by atomic mass is 32.1. The summed E-state index contributed by atoms with van der Waals surface area (Å²) >= 11 is 1.76.